The molecule has 19 heavy (non-hydrogen) atoms. The van der Waals surface area contributed by atoms with Crippen molar-refractivity contribution in [3.05, 3.63) is 41.1 Å². The summed E-state index contributed by atoms with van der Waals surface area (Å²) in [6.07, 6.45) is 0. The van der Waals surface area contributed by atoms with E-state index in [9.17, 15) is 4.79 Å². The van der Waals surface area contributed by atoms with E-state index in [-0.39, 0.29) is 5.91 Å². The lowest BCUT2D eigenvalue weighted by Crippen LogP contribution is -2.15. The van der Waals surface area contributed by atoms with Crippen molar-refractivity contribution in [1.82, 2.24) is 9.78 Å². The molecule has 0 bridgehead atoms. The Bertz CT molecular complexity index is 617. The van der Waals surface area contributed by atoms with Crippen molar-refractivity contribution < 1.29 is 4.79 Å². The lowest BCUT2D eigenvalue weighted by Gasteiger charge is -2.08. The van der Waals surface area contributed by atoms with Gasteiger partial charge in [-0.15, -0.1) is 0 Å². The van der Waals surface area contributed by atoms with Gasteiger partial charge in [0, 0.05) is 18.7 Å². The van der Waals surface area contributed by atoms with Gasteiger partial charge in [-0.1, -0.05) is 0 Å². The fraction of sp³-hybridized carbons (Fsp3) is 0.231. The number of hydrazine groups is 1. The Balaban J connectivity index is 2.20. The number of anilines is 2. The van der Waals surface area contributed by atoms with Crippen LogP contribution in [0.5, 0.6) is 0 Å². The topological polar surface area (TPSA) is 85.0 Å². The maximum Gasteiger partial charge on any atom is 0.256 e. The van der Waals surface area contributed by atoms with Gasteiger partial charge in [-0.2, -0.15) is 5.10 Å². The normalized spacial score (nSPS) is 10.3. The zero-order valence-electron chi connectivity index (χ0n) is 11.2. The Kier molecular flexibility index (Phi) is 3.52. The molecule has 2 aromatic rings. The zero-order chi connectivity index (χ0) is 14.0. The maximum absolute atomic E-state index is 12.1. The second kappa shape index (κ2) is 5.11. The molecule has 0 unspecified atom stereocenters. The summed E-state index contributed by atoms with van der Waals surface area (Å²) in [6.45, 7) is 3.77. The van der Waals surface area contributed by atoms with Crippen molar-refractivity contribution in [2.45, 2.75) is 13.8 Å². The average Bonchev–Trinajstić information content (AvgIpc) is 2.67. The number of hydrogen-bond donors (Lipinski definition) is 3. The summed E-state index contributed by atoms with van der Waals surface area (Å²) in [5.74, 6) is 5.86. The smallest absolute Gasteiger partial charge is 0.256 e. The number of carbonyl (C=O) groups is 1. The van der Waals surface area contributed by atoms with Crippen LogP contribution in [-0.2, 0) is 7.05 Å². The van der Waals surface area contributed by atoms with Crippen molar-refractivity contribution in [3.63, 3.8) is 0 Å². The lowest BCUT2D eigenvalue weighted by molar-refractivity contribution is 0.102. The van der Waals surface area contributed by atoms with E-state index in [1.807, 2.05) is 19.9 Å². The summed E-state index contributed by atoms with van der Waals surface area (Å²) in [5, 5.41) is 7.00. The first kappa shape index (κ1) is 13.1. The Morgan fingerprint density at radius 2 is 2.05 bits per heavy atom. The zero-order valence-corrected chi connectivity index (χ0v) is 11.2. The molecule has 1 amide bonds. The van der Waals surface area contributed by atoms with Gasteiger partial charge >= 0.3 is 0 Å². The predicted molar refractivity (Wildman–Crippen MR) is 74.9 cm³/mol. The second-order valence-electron chi connectivity index (χ2n) is 4.42. The molecular formula is C13H17N5O. The predicted octanol–water partition coefficient (Wildman–Crippen LogP) is 1.57. The van der Waals surface area contributed by atoms with Crippen LogP contribution in [0.4, 0.5) is 11.5 Å². The molecular weight excluding hydrogens is 242 g/mol. The van der Waals surface area contributed by atoms with Crippen molar-refractivity contribution in [2.24, 2.45) is 12.9 Å². The molecule has 0 aliphatic heterocycles. The fourth-order valence-corrected chi connectivity index (χ4v) is 1.88. The molecule has 100 valence electrons. The van der Waals surface area contributed by atoms with E-state index in [0.717, 1.165) is 16.9 Å². The number of benzene rings is 1. The Labute approximate surface area is 111 Å². The molecule has 0 saturated carbocycles. The van der Waals surface area contributed by atoms with Gasteiger partial charge in [0.05, 0.1) is 11.4 Å². The van der Waals surface area contributed by atoms with Crippen LogP contribution in [0.1, 0.15) is 21.6 Å². The van der Waals surface area contributed by atoms with Crippen LogP contribution in [0.25, 0.3) is 0 Å². The van der Waals surface area contributed by atoms with Crippen molar-refractivity contribution >= 4 is 17.4 Å². The molecule has 1 aromatic carbocycles. The van der Waals surface area contributed by atoms with E-state index in [1.54, 1.807) is 29.9 Å². The third-order valence-corrected chi connectivity index (χ3v) is 2.89. The van der Waals surface area contributed by atoms with E-state index in [0.29, 0.717) is 11.4 Å². The van der Waals surface area contributed by atoms with Gasteiger partial charge in [-0.05, 0) is 37.6 Å². The monoisotopic (exact) mass is 259 g/mol. The molecule has 1 heterocycles. The highest BCUT2D eigenvalue weighted by atomic mass is 16.1. The molecule has 0 saturated heterocycles. The fourth-order valence-electron chi connectivity index (χ4n) is 1.88. The standard InChI is InChI=1S/C13H17N5O/c1-8-6-10(4-5-11(8)16-14)13(19)15-12-7-9(2)17-18(12)3/h4-7,16H,14H2,1-3H3,(H,15,19). The number of carbonyl (C=O) groups excluding carboxylic acids is 1. The third kappa shape index (κ3) is 2.74. The summed E-state index contributed by atoms with van der Waals surface area (Å²) in [4.78, 5) is 12.1. The molecule has 0 aliphatic carbocycles. The third-order valence-electron chi connectivity index (χ3n) is 2.89. The molecule has 6 heteroatoms. The number of aryl methyl sites for hydroxylation is 3. The molecule has 2 rings (SSSR count). The van der Waals surface area contributed by atoms with E-state index >= 15 is 0 Å². The van der Waals surface area contributed by atoms with Crippen LogP contribution < -0.4 is 16.6 Å². The minimum absolute atomic E-state index is 0.172. The largest absolute Gasteiger partial charge is 0.324 e. The number of aromatic nitrogens is 2. The summed E-state index contributed by atoms with van der Waals surface area (Å²) in [6, 6.07) is 7.10. The summed E-state index contributed by atoms with van der Waals surface area (Å²) >= 11 is 0. The number of amides is 1. The van der Waals surface area contributed by atoms with Gasteiger partial charge in [0.15, 0.2) is 0 Å². The van der Waals surface area contributed by atoms with Crippen LogP contribution in [0, 0.1) is 13.8 Å². The molecule has 0 atom stereocenters. The number of hydrogen-bond acceptors (Lipinski definition) is 4. The highest BCUT2D eigenvalue weighted by Gasteiger charge is 2.10. The van der Waals surface area contributed by atoms with Gasteiger partial charge in [-0.3, -0.25) is 15.3 Å². The number of rotatable bonds is 3. The first-order valence-electron chi connectivity index (χ1n) is 5.90. The van der Waals surface area contributed by atoms with Gasteiger partial charge in [0.1, 0.15) is 5.82 Å². The number of nitrogens with one attached hydrogen (secondary N) is 2. The van der Waals surface area contributed by atoms with Crippen molar-refractivity contribution in [1.29, 1.82) is 0 Å². The van der Waals surface area contributed by atoms with Crippen LogP contribution in [-0.4, -0.2) is 15.7 Å². The van der Waals surface area contributed by atoms with Gasteiger partial charge in [-0.25, -0.2) is 0 Å². The van der Waals surface area contributed by atoms with E-state index in [4.69, 9.17) is 5.84 Å². The van der Waals surface area contributed by atoms with Gasteiger partial charge in [0.2, 0.25) is 0 Å². The highest BCUT2D eigenvalue weighted by molar-refractivity contribution is 6.04. The molecule has 0 radical (unpaired) electrons. The van der Waals surface area contributed by atoms with Crippen molar-refractivity contribution in [2.75, 3.05) is 10.7 Å². The molecule has 1 aromatic heterocycles. The summed E-state index contributed by atoms with van der Waals surface area (Å²) in [5.41, 5.74) is 5.73. The second-order valence-corrected chi connectivity index (χ2v) is 4.42. The summed E-state index contributed by atoms with van der Waals surface area (Å²) < 4.78 is 1.63. The average molecular weight is 259 g/mol. The number of nitrogens with two attached hydrogens (primary N) is 1. The number of nitrogens with zero attached hydrogens (tertiary/aromatic N) is 2. The van der Waals surface area contributed by atoms with Crippen LogP contribution in [0.2, 0.25) is 0 Å². The highest BCUT2D eigenvalue weighted by Crippen LogP contribution is 2.16. The lowest BCUT2D eigenvalue weighted by atomic mass is 10.1. The Morgan fingerprint density at radius 1 is 1.32 bits per heavy atom. The van der Waals surface area contributed by atoms with Crippen LogP contribution >= 0.6 is 0 Å². The molecule has 6 nitrogen and oxygen atoms in total. The number of nitrogen functional groups attached to an aromatic ring is 1. The minimum Gasteiger partial charge on any atom is -0.324 e. The minimum atomic E-state index is -0.172. The van der Waals surface area contributed by atoms with Gasteiger partial charge < -0.3 is 10.7 Å². The maximum atomic E-state index is 12.1. The quantitative estimate of drug-likeness (QED) is 0.577. The van der Waals surface area contributed by atoms with Crippen LogP contribution in [0.3, 0.4) is 0 Å². The first-order chi connectivity index (χ1) is 9.01. The molecule has 0 aliphatic rings. The van der Waals surface area contributed by atoms with E-state index in [2.05, 4.69) is 15.8 Å². The Hall–Kier alpha value is -2.34. The first-order valence-corrected chi connectivity index (χ1v) is 5.90. The van der Waals surface area contributed by atoms with Crippen molar-refractivity contribution in [3.8, 4) is 0 Å². The van der Waals surface area contributed by atoms with E-state index < -0.39 is 0 Å². The molecule has 4 N–H and O–H groups in total. The van der Waals surface area contributed by atoms with Crippen LogP contribution in [0.15, 0.2) is 24.3 Å². The molecule has 0 fully saturated rings. The molecule has 0 spiro atoms. The van der Waals surface area contributed by atoms with E-state index in [1.165, 1.54) is 0 Å². The SMILES string of the molecule is Cc1cc(NC(=O)c2ccc(NN)c(C)c2)n(C)n1. The summed E-state index contributed by atoms with van der Waals surface area (Å²) in [7, 11) is 1.79. The van der Waals surface area contributed by atoms with Gasteiger partial charge in [0.25, 0.3) is 5.91 Å². The Morgan fingerprint density at radius 3 is 2.58 bits per heavy atom.